The molecular weight excluding hydrogens is 501 g/mol. The number of nitrogens with zero attached hydrogens (tertiary/aromatic N) is 3. The van der Waals surface area contributed by atoms with Gasteiger partial charge in [0.1, 0.15) is 11.6 Å². The number of hydrogen-bond donors (Lipinski definition) is 1. The van der Waals surface area contributed by atoms with Crippen LogP contribution in [-0.4, -0.2) is 68.6 Å². The molecule has 11 heteroatoms. The Labute approximate surface area is 218 Å². The highest BCUT2D eigenvalue weighted by atomic mass is 19.2. The number of hydrogen-bond acceptors (Lipinski definition) is 6. The summed E-state index contributed by atoms with van der Waals surface area (Å²) in [6.45, 7) is 1.30. The summed E-state index contributed by atoms with van der Waals surface area (Å²) in [4.78, 5) is 33.2. The standard InChI is InChI=1S/C27H27F3N4O4/c1-37-22-6-5-17(14-23(22)38-2)7-9-32-26(35)19-4-3-8-31-25(19)33-10-12-34(13-11-33)27(36)20-15-18(28)16-21(29)24(20)30/h3-6,8,14-16H,7,9-13H2,1-2H3,(H,32,35). The minimum Gasteiger partial charge on any atom is -0.493 e. The van der Waals surface area contributed by atoms with Crippen LogP contribution in [0.1, 0.15) is 26.3 Å². The molecule has 3 aromatic rings. The maximum absolute atomic E-state index is 14.1. The van der Waals surface area contributed by atoms with Gasteiger partial charge in [-0.2, -0.15) is 0 Å². The van der Waals surface area contributed by atoms with E-state index in [0.717, 1.165) is 5.56 Å². The fourth-order valence-corrected chi connectivity index (χ4v) is 4.28. The Morgan fingerprint density at radius 3 is 2.39 bits per heavy atom. The monoisotopic (exact) mass is 528 g/mol. The SMILES string of the molecule is COc1ccc(CCNC(=O)c2cccnc2N2CCN(C(=O)c3cc(F)cc(F)c3F)CC2)cc1OC. The summed E-state index contributed by atoms with van der Waals surface area (Å²) in [5, 5.41) is 2.90. The number of carbonyl (C=O) groups is 2. The smallest absolute Gasteiger partial charge is 0.257 e. The van der Waals surface area contributed by atoms with E-state index in [-0.39, 0.29) is 19.0 Å². The first kappa shape index (κ1) is 26.8. The van der Waals surface area contributed by atoms with Crippen LogP contribution in [0.2, 0.25) is 0 Å². The van der Waals surface area contributed by atoms with Gasteiger partial charge in [0.25, 0.3) is 11.8 Å². The zero-order chi connectivity index (χ0) is 27.2. The molecule has 200 valence electrons. The minimum absolute atomic E-state index is 0.160. The zero-order valence-electron chi connectivity index (χ0n) is 21.0. The fraction of sp³-hybridized carbons (Fsp3) is 0.296. The molecule has 0 spiro atoms. The van der Waals surface area contributed by atoms with Crippen LogP contribution in [0.25, 0.3) is 0 Å². The molecule has 1 fully saturated rings. The second-order valence-electron chi connectivity index (χ2n) is 8.60. The Hall–Kier alpha value is -4.28. The molecule has 8 nitrogen and oxygen atoms in total. The van der Waals surface area contributed by atoms with Crippen LogP contribution in [0.3, 0.4) is 0 Å². The molecule has 0 aliphatic carbocycles. The van der Waals surface area contributed by atoms with Crippen molar-refractivity contribution in [3.8, 4) is 11.5 Å². The number of anilines is 1. The third-order valence-electron chi connectivity index (χ3n) is 6.27. The molecule has 1 saturated heterocycles. The molecule has 0 radical (unpaired) electrons. The Bertz CT molecular complexity index is 1330. The second-order valence-corrected chi connectivity index (χ2v) is 8.60. The van der Waals surface area contributed by atoms with Gasteiger partial charge in [-0.1, -0.05) is 6.07 Å². The molecule has 38 heavy (non-hydrogen) atoms. The van der Waals surface area contributed by atoms with Gasteiger partial charge in [-0.05, 0) is 42.3 Å². The van der Waals surface area contributed by atoms with Crippen molar-refractivity contribution in [3.05, 3.63) is 82.8 Å². The minimum atomic E-state index is -1.41. The molecule has 1 aromatic heterocycles. The molecule has 0 saturated carbocycles. The molecule has 4 rings (SSSR count). The van der Waals surface area contributed by atoms with Crippen molar-refractivity contribution in [1.29, 1.82) is 0 Å². The van der Waals surface area contributed by atoms with Crippen molar-refractivity contribution in [2.24, 2.45) is 0 Å². The lowest BCUT2D eigenvalue weighted by molar-refractivity contribution is 0.0739. The third-order valence-corrected chi connectivity index (χ3v) is 6.27. The van der Waals surface area contributed by atoms with Crippen LogP contribution < -0.4 is 19.7 Å². The molecule has 1 N–H and O–H groups in total. The van der Waals surface area contributed by atoms with Crippen molar-refractivity contribution in [1.82, 2.24) is 15.2 Å². The van der Waals surface area contributed by atoms with E-state index in [0.29, 0.717) is 61.1 Å². The molecule has 0 bridgehead atoms. The molecule has 2 aromatic carbocycles. The number of amides is 2. The zero-order valence-corrected chi connectivity index (χ0v) is 21.0. The number of pyridine rings is 1. The number of carbonyl (C=O) groups excluding carboxylic acids is 2. The molecule has 2 heterocycles. The van der Waals surface area contributed by atoms with Gasteiger partial charge in [-0.15, -0.1) is 0 Å². The van der Waals surface area contributed by atoms with Gasteiger partial charge in [0.05, 0.1) is 25.3 Å². The van der Waals surface area contributed by atoms with Crippen LogP contribution in [0.4, 0.5) is 19.0 Å². The van der Waals surface area contributed by atoms with E-state index in [9.17, 15) is 22.8 Å². The van der Waals surface area contributed by atoms with Crippen LogP contribution in [0.15, 0.2) is 48.7 Å². The first-order valence-electron chi connectivity index (χ1n) is 11.9. The van der Waals surface area contributed by atoms with Gasteiger partial charge in [0.2, 0.25) is 0 Å². The largest absolute Gasteiger partial charge is 0.493 e. The first-order valence-corrected chi connectivity index (χ1v) is 11.9. The summed E-state index contributed by atoms with van der Waals surface area (Å²) in [6, 6.07) is 9.96. The number of nitrogens with one attached hydrogen (secondary N) is 1. The van der Waals surface area contributed by atoms with E-state index >= 15 is 0 Å². The van der Waals surface area contributed by atoms with E-state index in [1.54, 1.807) is 38.6 Å². The lowest BCUT2D eigenvalue weighted by atomic mass is 10.1. The number of rotatable bonds is 8. The van der Waals surface area contributed by atoms with E-state index < -0.39 is 28.9 Å². The van der Waals surface area contributed by atoms with Gasteiger partial charge in [-0.25, -0.2) is 18.2 Å². The molecular formula is C27H27F3N4O4. The second kappa shape index (κ2) is 11.8. The highest BCUT2D eigenvalue weighted by Gasteiger charge is 2.28. The van der Waals surface area contributed by atoms with E-state index in [2.05, 4.69) is 10.3 Å². The van der Waals surface area contributed by atoms with Crippen molar-refractivity contribution in [2.45, 2.75) is 6.42 Å². The maximum atomic E-state index is 14.1. The predicted molar refractivity (Wildman–Crippen MR) is 134 cm³/mol. The summed E-state index contributed by atoms with van der Waals surface area (Å²) < 4.78 is 51.8. The van der Waals surface area contributed by atoms with Gasteiger partial charge >= 0.3 is 0 Å². The summed E-state index contributed by atoms with van der Waals surface area (Å²) in [6.07, 6.45) is 2.14. The Morgan fingerprint density at radius 1 is 0.947 bits per heavy atom. The quantitative estimate of drug-likeness (QED) is 0.451. The highest BCUT2D eigenvalue weighted by molar-refractivity contribution is 5.99. The number of halogens is 3. The van der Waals surface area contributed by atoms with Gasteiger partial charge in [0, 0.05) is 45.0 Å². The summed E-state index contributed by atoms with van der Waals surface area (Å²) in [5.41, 5.74) is 0.686. The summed E-state index contributed by atoms with van der Waals surface area (Å²) >= 11 is 0. The maximum Gasteiger partial charge on any atom is 0.257 e. The molecule has 1 aliphatic heterocycles. The number of benzene rings is 2. The lowest BCUT2D eigenvalue weighted by Crippen LogP contribution is -2.49. The summed E-state index contributed by atoms with van der Waals surface area (Å²) in [5.74, 6) is -3.24. The molecule has 2 amide bonds. The Kier molecular flexibility index (Phi) is 8.35. The lowest BCUT2D eigenvalue weighted by Gasteiger charge is -2.36. The van der Waals surface area contributed by atoms with Crippen molar-refractivity contribution >= 4 is 17.6 Å². The number of piperazine rings is 1. The normalized spacial score (nSPS) is 13.3. The number of aromatic nitrogens is 1. The van der Waals surface area contributed by atoms with Crippen molar-refractivity contribution in [3.63, 3.8) is 0 Å². The number of methoxy groups -OCH3 is 2. The predicted octanol–water partition coefficient (Wildman–Crippen LogP) is 3.45. The fourth-order valence-electron chi connectivity index (χ4n) is 4.28. The topological polar surface area (TPSA) is 84.0 Å². The average Bonchev–Trinajstić information content (AvgIpc) is 2.94. The molecule has 0 atom stereocenters. The average molecular weight is 529 g/mol. The van der Waals surface area contributed by atoms with Crippen LogP contribution >= 0.6 is 0 Å². The summed E-state index contributed by atoms with van der Waals surface area (Å²) in [7, 11) is 3.12. The van der Waals surface area contributed by atoms with Gasteiger partial charge < -0.3 is 24.6 Å². The Balaban J connectivity index is 1.37. The van der Waals surface area contributed by atoms with E-state index in [1.165, 1.54) is 4.90 Å². The number of ether oxygens (including phenoxy) is 2. The van der Waals surface area contributed by atoms with Crippen LogP contribution in [0, 0.1) is 17.5 Å². The highest BCUT2D eigenvalue weighted by Crippen LogP contribution is 2.27. The van der Waals surface area contributed by atoms with Gasteiger partial charge in [-0.3, -0.25) is 9.59 Å². The van der Waals surface area contributed by atoms with Crippen molar-refractivity contribution < 1.29 is 32.2 Å². The van der Waals surface area contributed by atoms with Crippen LogP contribution in [0.5, 0.6) is 11.5 Å². The van der Waals surface area contributed by atoms with E-state index in [1.807, 2.05) is 17.0 Å². The third kappa shape index (κ3) is 5.82. The molecule has 1 aliphatic rings. The Morgan fingerprint density at radius 2 is 1.68 bits per heavy atom. The van der Waals surface area contributed by atoms with Gasteiger partial charge in [0.15, 0.2) is 23.1 Å². The first-order chi connectivity index (χ1) is 18.3. The van der Waals surface area contributed by atoms with Crippen molar-refractivity contribution in [2.75, 3.05) is 51.8 Å². The van der Waals surface area contributed by atoms with Crippen LogP contribution in [-0.2, 0) is 6.42 Å². The van der Waals surface area contributed by atoms with E-state index in [4.69, 9.17) is 9.47 Å². The molecule has 0 unspecified atom stereocenters.